The Hall–Kier alpha value is -3.29. The van der Waals surface area contributed by atoms with Crippen LogP contribution in [-0.2, 0) is 6.54 Å². The molecule has 1 aliphatic rings. The molecular formula is C28H32FN3O3. The smallest absolute Gasteiger partial charge is 0.259 e. The largest absolute Gasteiger partial charge is 0.472 e. The number of ether oxygens (including phenoxy) is 1. The Morgan fingerprint density at radius 2 is 1.94 bits per heavy atom. The van der Waals surface area contributed by atoms with Gasteiger partial charge in [-0.2, -0.15) is 0 Å². The van der Waals surface area contributed by atoms with Crippen LogP contribution in [0.15, 0.2) is 66.9 Å². The van der Waals surface area contributed by atoms with Crippen molar-refractivity contribution in [1.82, 2.24) is 14.8 Å². The Balaban J connectivity index is 1.66. The van der Waals surface area contributed by atoms with E-state index in [2.05, 4.69) is 28.9 Å². The Bertz CT molecular complexity index is 1160. The molecule has 0 radical (unpaired) electrons. The van der Waals surface area contributed by atoms with Gasteiger partial charge in [0.05, 0.1) is 12.6 Å². The van der Waals surface area contributed by atoms with E-state index in [0.29, 0.717) is 29.8 Å². The van der Waals surface area contributed by atoms with Gasteiger partial charge >= 0.3 is 0 Å². The lowest BCUT2D eigenvalue weighted by molar-refractivity contribution is 0.0325. The van der Waals surface area contributed by atoms with Crippen molar-refractivity contribution in [2.75, 3.05) is 26.7 Å². The van der Waals surface area contributed by atoms with E-state index in [9.17, 15) is 14.3 Å². The molecule has 6 nitrogen and oxygen atoms in total. The summed E-state index contributed by atoms with van der Waals surface area (Å²) in [7, 11) is 2.04. The van der Waals surface area contributed by atoms with Gasteiger partial charge in [-0.25, -0.2) is 9.37 Å². The maximum Gasteiger partial charge on any atom is 0.259 e. The van der Waals surface area contributed by atoms with Crippen LogP contribution < -0.4 is 4.74 Å². The third kappa shape index (κ3) is 5.86. The Morgan fingerprint density at radius 1 is 1.17 bits per heavy atom. The fourth-order valence-electron chi connectivity index (χ4n) is 4.41. The first-order valence-electron chi connectivity index (χ1n) is 11.9. The van der Waals surface area contributed by atoms with Crippen LogP contribution in [0, 0.1) is 11.7 Å². The summed E-state index contributed by atoms with van der Waals surface area (Å²) in [6.45, 7) is 5.57. The molecule has 1 amide bonds. The number of aliphatic hydroxyl groups is 1. The summed E-state index contributed by atoms with van der Waals surface area (Å²) in [6.07, 6.45) is 1.38. The van der Waals surface area contributed by atoms with Crippen molar-refractivity contribution >= 4 is 5.91 Å². The number of carbonyl (C=O) groups excluding carboxylic acids is 1. The zero-order valence-corrected chi connectivity index (χ0v) is 20.4. The van der Waals surface area contributed by atoms with Gasteiger partial charge in [-0.15, -0.1) is 0 Å². The van der Waals surface area contributed by atoms with Gasteiger partial charge in [0.25, 0.3) is 5.91 Å². The molecule has 1 N–H and O–H groups in total. The molecule has 0 aliphatic carbocycles. The maximum absolute atomic E-state index is 13.8. The van der Waals surface area contributed by atoms with Gasteiger partial charge in [0.1, 0.15) is 17.5 Å². The summed E-state index contributed by atoms with van der Waals surface area (Å²) in [5.41, 5.74) is 2.78. The summed E-state index contributed by atoms with van der Waals surface area (Å²) in [4.78, 5) is 21.9. The summed E-state index contributed by atoms with van der Waals surface area (Å²) < 4.78 is 20.2. The number of aromatic nitrogens is 1. The third-order valence-electron chi connectivity index (χ3n) is 6.47. The van der Waals surface area contributed by atoms with Gasteiger partial charge in [-0.3, -0.25) is 9.69 Å². The second kappa shape index (κ2) is 11.0. The number of carbonyl (C=O) groups is 1. The summed E-state index contributed by atoms with van der Waals surface area (Å²) in [6, 6.07) is 17.8. The zero-order valence-electron chi connectivity index (χ0n) is 20.4. The van der Waals surface area contributed by atoms with Crippen LogP contribution in [0.4, 0.5) is 4.39 Å². The van der Waals surface area contributed by atoms with E-state index in [-0.39, 0.29) is 42.3 Å². The van der Waals surface area contributed by atoms with E-state index < -0.39 is 0 Å². The van der Waals surface area contributed by atoms with E-state index in [0.717, 1.165) is 6.54 Å². The average Bonchev–Trinajstić information content (AvgIpc) is 2.86. The molecule has 1 aromatic heterocycles. The van der Waals surface area contributed by atoms with Gasteiger partial charge in [-0.1, -0.05) is 49.4 Å². The lowest BCUT2D eigenvalue weighted by Crippen LogP contribution is -2.49. The number of halogens is 1. The first-order valence-corrected chi connectivity index (χ1v) is 11.9. The van der Waals surface area contributed by atoms with E-state index in [4.69, 9.17) is 4.74 Å². The molecule has 0 spiro atoms. The molecule has 0 bridgehead atoms. The molecule has 0 fully saturated rings. The minimum Gasteiger partial charge on any atom is -0.472 e. The van der Waals surface area contributed by atoms with Gasteiger partial charge in [-0.05, 0) is 43.3 Å². The molecule has 0 saturated carbocycles. The second-order valence-electron chi connectivity index (χ2n) is 9.39. The predicted molar refractivity (Wildman–Crippen MR) is 134 cm³/mol. The number of hydrogen-bond acceptors (Lipinski definition) is 5. The van der Waals surface area contributed by atoms with Crippen molar-refractivity contribution in [2.24, 2.45) is 5.92 Å². The molecule has 2 heterocycles. The molecule has 35 heavy (non-hydrogen) atoms. The van der Waals surface area contributed by atoms with Crippen molar-refractivity contribution in [2.45, 2.75) is 32.5 Å². The fourth-order valence-corrected chi connectivity index (χ4v) is 4.41. The quantitative estimate of drug-likeness (QED) is 0.552. The number of rotatable bonds is 7. The molecule has 1 aliphatic heterocycles. The summed E-state index contributed by atoms with van der Waals surface area (Å²) >= 11 is 0. The van der Waals surface area contributed by atoms with E-state index in [1.807, 2.05) is 32.2 Å². The van der Waals surface area contributed by atoms with Crippen molar-refractivity contribution in [3.8, 4) is 17.0 Å². The predicted octanol–water partition coefficient (Wildman–Crippen LogP) is 4.24. The van der Waals surface area contributed by atoms with Gasteiger partial charge in [0.15, 0.2) is 0 Å². The first kappa shape index (κ1) is 24.8. The molecule has 3 aromatic rings. The molecule has 0 saturated heterocycles. The molecular weight excluding hydrogens is 445 g/mol. The Labute approximate surface area is 206 Å². The topological polar surface area (TPSA) is 65.9 Å². The number of pyridine rings is 1. The zero-order chi connectivity index (χ0) is 24.9. The van der Waals surface area contributed by atoms with Crippen LogP contribution in [0.3, 0.4) is 0 Å². The Kier molecular flexibility index (Phi) is 7.78. The lowest BCUT2D eigenvalue weighted by atomic mass is 9.99. The minimum atomic E-state index is -0.364. The monoisotopic (exact) mass is 477 g/mol. The average molecular weight is 478 g/mol. The number of benzene rings is 2. The number of likely N-dealkylation sites (N-methyl/N-ethyl adjacent to an activating group) is 1. The minimum absolute atomic E-state index is 0.00372. The van der Waals surface area contributed by atoms with Gasteiger partial charge < -0.3 is 14.7 Å². The Morgan fingerprint density at radius 3 is 2.66 bits per heavy atom. The highest BCUT2D eigenvalue weighted by Gasteiger charge is 2.34. The van der Waals surface area contributed by atoms with Crippen molar-refractivity contribution in [1.29, 1.82) is 0 Å². The second-order valence-corrected chi connectivity index (χ2v) is 9.39. The SMILES string of the molecule is C[C@@H]1CN([C@H](C)CO)C(=O)c2cc(-c3cccc(F)c3)cnc2O[C@@H]1CN(C)Cc1ccccc1. The molecule has 184 valence electrons. The van der Waals surface area contributed by atoms with Gasteiger partial charge in [0, 0.05) is 37.3 Å². The number of hydrogen-bond donors (Lipinski definition) is 1. The van der Waals surface area contributed by atoms with Crippen LogP contribution in [0.2, 0.25) is 0 Å². The van der Waals surface area contributed by atoms with Crippen LogP contribution in [0.1, 0.15) is 29.8 Å². The molecule has 7 heteroatoms. The number of aliphatic hydroxyl groups excluding tert-OH is 1. The van der Waals surface area contributed by atoms with E-state index in [1.165, 1.54) is 17.7 Å². The highest BCUT2D eigenvalue weighted by molar-refractivity contribution is 5.98. The van der Waals surface area contributed by atoms with Crippen molar-refractivity contribution in [3.05, 3.63) is 83.8 Å². The normalized spacial score (nSPS) is 19.0. The van der Waals surface area contributed by atoms with E-state index >= 15 is 0 Å². The lowest BCUT2D eigenvalue weighted by Gasteiger charge is -2.37. The summed E-state index contributed by atoms with van der Waals surface area (Å²) in [5, 5.41) is 9.85. The van der Waals surface area contributed by atoms with Crippen molar-refractivity contribution in [3.63, 3.8) is 0 Å². The molecule has 2 aromatic carbocycles. The van der Waals surface area contributed by atoms with Gasteiger partial charge in [0.2, 0.25) is 5.88 Å². The number of amides is 1. The van der Waals surface area contributed by atoms with Crippen LogP contribution in [0.5, 0.6) is 5.88 Å². The van der Waals surface area contributed by atoms with Crippen molar-refractivity contribution < 1.29 is 19.0 Å². The van der Waals surface area contributed by atoms with Crippen LogP contribution >= 0.6 is 0 Å². The molecule has 4 rings (SSSR count). The highest BCUT2D eigenvalue weighted by Crippen LogP contribution is 2.30. The summed E-state index contributed by atoms with van der Waals surface area (Å²) in [5.74, 6) is -0.350. The van der Waals surface area contributed by atoms with E-state index in [1.54, 1.807) is 29.3 Å². The fraction of sp³-hybridized carbons (Fsp3) is 0.357. The standard InChI is InChI=1S/C28H32FN3O3/c1-19-15-32(20(2)18-33)28(34)25-13-23(22-10-7-11-24(29)12-22)14-30-27(25)35-26(19)17-31(3)16-21-8-5-4-6-9-21/h4-14,19-20,26,33H,15-18H2,1-3H3/t19-,20-,26-/m1/s1. The maximum atomic E-state index is 13.8. The van der Waals surface area contributed by atoms with Crippen LogP contribution in [-0.4, -0.2) is 64.7 Å². The number of fused-ring (bicyclic) bond motifs is 1. The molecule has 3 atom stereocenters. The third-order valence-corrected chi connectivity index (χ3v) is 6.47. The first-order chi connectivity index (χ1) is 16.9. The molecule has 0 unspecified atom stereocenters. The van der Waals surface area contributed by atoms with Crippen LogP contribution in [0.25, 0.3) is 11.1 Å². The number of nitrogens with zero attached hydrogens (tertiary/aromatic N) is 3. The highest BCUT2D eigenvalue weighted by atomic mass is 19.1.